The second-order valence-electron chi connectivity index (χ2n) is 5.63. The summed E-state index contributed by atoms with van der Waals surface area (Å²) in [6.07, 6.45) is -0.719. The number of nitrogens with zero attached hydrogens (tertiary/aromatic N) is 1. The lowest BCUT2D eigenvalue weighted by Gasteiger charge is -2.25. The maximum absolute atomic E-state index is 12.3. The largest absolute Gasteiger partial charge is 0.485 e. The fraction of sp³-hybridized carbons (Fsp3) is 0.222. The molecule has 0 spiro atoms. The van der Waals surface area contributed by atoms with Gasteiger partial charge in [0.05, 0.1) is 0 Å². The zero-order chi connectivity index (χ0) is 17.1. The fourth-order valence-electron chi connectivity index (χ4n) is 2.33. The van der Waals surface area contributed by atoms with Crippen LogP contribution >= 0.6 is 0 Å². The third kappa shape index (κ3) is 3.32. The first-order valence-corrected chi connectivity index (χ1v) is 7.55. The van der Waals surface area contributed by atoms with Crippen LogP contribution in [0.4, 0.5) is 5.69 Å². The van der Waals surface area contributed by atoms with Crippen molar-refractivity contribution in [3.8, 4) is 11.5 Å². The predicted molar refractivity (Wildman–Crippen MR) is 89.4 cm³/mol. The number of amides is 2. The van der Waals surface area contributed by atoms with E-state index in [1.807, 2.05) is 12.1 Å². The van der Waals surface area contributed by atoms with Crippen molar-refractivity contribution in [2.24, 2.45) is 0 Å². The number of hydrogen-bond donors (Lipinski definition) is 1. The van der Waals surface area contributed by atoms with Crippen LogP contribution in [-0.4, -0.2) is 43.5 Å². The van der Waals surface area contributed by atoms with Crippen LogP contribution in [0.15, 0.2) is 48.5 Å². The number of hydrogen-bond acceptors (Lipinski definition) is 4. The lowest BCUT2D eigenvalue weighted by atomic mass is 10.2. The first-order valence-electron chi connectivity index (χ1n) is 7.55. The van der Waals surface area contributed by atoms with Crippen LogP contribution in [0.5, 0.6) is 11.5 Å². The predicted octanol–water partition coefficient (Wildman–Crippen LogP) is 2.17. The minimum Gasteiger partial charge on any atom is -0.485 e. The summed E-state index contributed by atoms with van der Waals surface area (Å²) in [6, 6.07) is 13.9. The van der Waals surface area contributed by atoms with Crippen LogP contribution in [0, 0.1) is 0 Å². The summed E-state index contributed by atoms with van der Waals surface area (Å²) in [6.45, 7) is 0.153. The molecule has 0 fully saturated rings. The maximum atomic E-state index is 12.3. The van der Waals surface area contributed by atoms with Crippen molar-refractivity contribution in [3.63, 3.8) is 0 Å². The van der Waals surface area contributed by atoms with Crippen molar-refractivity contribution in [2.45, 2.75) is 6.10 Å². The molecule has 0 aromatic heterocycles. The van der Waals surface area contributed by atoms with Crippen molar-refractivity contribution in [1.29, 1.82) is 0 Å². The summed E-state index contributed by atoms with van der Waals surface area (Å²) < 4.78 is 11.2. The van der Waals surface area contributed by atoms with Gasteiger partial charge in [0.2, 0.25) is 6.10 Å². The number of carbonyl (C=O) groups excluding carboxylic acids is 2. The Labute approximate surface area is 140 Å². The van der Waals surface area contributed by atoms with Crippen LogP contribution in [-0.2, 0) is 4.79 Å². The fourth-order valence-corrected chi connectivity index (χ4v) is 2.33. The Balaban J connectivity index is 1.64. The van der Waals surface area contributed by atoms with Gasteiger partial charge in [0.25, 0.3) is 11.8 Å². The van der Waals surface area contributed by atoms with Gasteiger partial charge in [0.15, 0.2) is 11.5 Å². The van der Waals surface area contributed by atoms with E-state index >= 15 is 0 Å². The van der Waals surface area contributed by atoms with Crippen molar-refractivity contribution in [1.82, 2.24) is 4.90 Å². The normalized spacial score (nSPS) is 15.5. The Morgan fingerprint density at radius 3 is 2.38 bits per heavy atom. The highest BCUT2D eigenvalue weighted by atomic mass is 16.6. The monoisotopic (exact) mass is 326 g/mol. The van der Waals surface area contributed by atoms with Gasteiger partial charge in [0.1, 0.15) is 6.61 Å². The molecule has 1 aliphatic rings. The van der Waals surface area contributed by atoms with Crippen LogP contribution in [0.25, 0.3) is 0 Å². The third-order valence-electron chi connectivity index (χ3n) is 3.61. The minimum absolute atomic E-state index is 0.0894. The van der Waals surface area contributed by atoms with E-state index in [2.05, 4.69) is 5.32 Å². The lowest BCUT2D eigenvalue weighted by Crippen LogP contribution is -2.40. The smallest absolute Gasteiger partial charge is 0.269 e. The zero-order valence-electron chi connectivity index (χ0n) is 13.5. The number of para-hydroxylation sites is 2. The zero-order valence-corrected chi connectivity index (χ0v) is 13.5. The molecule has 3 rings (SSSR count). The highest BCUT2D eigenvalue weighted by molar-refractivity contribution is 5.97. The summed E-state index contributed by atoms with van der Waals surface area (Å²) in [5.74, 6) is 0.800. The van der Waals surface area contributed by atoms with E-state index < -0.39 is 6.10 Å². The van der Waals surface area contributed by atoms with E-state index in [9.17, 15) is 9.59 Å². The first kappa shape index (κ1) is 15.9. The molecule has 1 heterocycles. The van der Waals surface area contributed by atoms with Gasteiger partial charge in [-0.15, -0.1) is 0 Å². The molecule has 0 unspecified atom stereocenters. The molecule has 6 nitrogen and oxygen atoms in total. The summed E-state index contributed by atoms with van der Waals surface area (Å²) in [4.78, 5) is 25.7. The highest BCUT2D eigenvalue weighted by Crippen LogP contribution is 2.31. The van der Waals surface area contributed by atoms with Gasteiger partial charge in [0, 0.05) is 25.3 Å². The van der Waals surface area contributed by atoms with E-state index in [0.717, 1.165) is 0 Å². The molecular formula is C18H18N2O4. The standard InChI is InChI=1S/C18H18N2O4/c1-20(2)18(22)12-7-9-13(10-8-12)19-17(21)16-11-23-14-5-3-4-6-15(14)24-16/h3-10,16H,11H2,1-2H3,(H,19,21)/t16-/m1/s1. The summed E-state index contributed by atoms with van der Waals surface area (Å²) in [7, 11) is 3.38. The van der Waals surface area contributed by atoms with Crippen molar-refractivity contribution in [3.05, 3.63) is 54.1 Å². The van der Waals surface area contributed by atoms with Gasteiger partial charge >= 0.3 is 0 Å². The molecule has 2 amide bonds. The molecule has 2 aromatic rings. The number of benzene rings is 2. The molecule has 1 atom stereocenters. The second kappa shape index (κ2) is 6.62. The van der Waals surface area contributed by atoms with Gasteiger partial charge in [-0.3, -0.25) is 9.59 Å². The SMILES string of the molecule is CN(C)C(=O)c1ccc(NC(=O)[C@H]2COc3ccccc3O2)cc1. The first-order chi connectivity index (χ1) is 11.5. The van der Waals surface area contributed by atoms with Crippen molar-refractivity contribution < 1.29 is 19.1 Å². The lowest BCUT2D eigenvalue weighted by molar-refractivity contribution is -0.125. The van der Waals surface area contributed by atoms with E-state index in [0.29, 0.717) is 22.7 Å². The van der Waals surface area contributed by atoms with E-state index in [1.165, 1.54) is 4.90 Å². The molecule has 2 aromatic carbocycles. The van der Waals surface area contributed by atoms with Crippen molar-refractivity contribution in [2.75, 3.05) is 26.0 Å². The molecule has 6 heteroatoms. The third-order valence-corrected chi connectivity index (χ3v) is 3.61. The average Bonchev–Trinajstić information content (AvgIpc) is 2.61. The van der Waals surface area contributed by atoms with Gasteiger partial charge in [-0.25, -0.2) is 0 Å². The quantitative estimate of drug-likeness (QED) is 0.938. The Morgan fingerprint density at radius 2 is 1.71 bits per heavy atom. The van der Waals surface area contributed by atoms with Crippen LogP contribution in [0.3, 0.4) is 0 Å². The van der Waals surface area contributed by atoms with E-state index in [4.69, 9.17) is 9.47 Å². The molecule has 1 aliphatic heterocycles. The highest BCUT2D eigenvalue weighted by Gasteiger charge is 2.27. The second-order valence-corrected chi connectivity index (χ2v) is 5.63. The Bertz CT molecular complexity index is 756. The van der Waals surface area contributed by atoms with Crippen LogP contribution < -0.4 is 14.8 Å². The molecule has 0 saturated heterocycles. The molecule has 1 N–H and O–H groups in total. The molecule has 0 radical (unpaired) electrons. The molecule has 0 aliphatic carbocycles. The Morgan fingerprint density at radius 1 is 1.04 bits per heavy atom. The summed E-state index contributed by atoms with van der Waals surface area (Å²) >= 11 is 0. The molecule has 0 saturated carbocycles. The summed E-state index contributed by atoms with van der Waals surface area (Å²) in [5, 5.41) is 2.77. The molecule has 124 valence electrons. The average molecular weight is 326 g/mol. The number of fused-ring (bicyclic) bond motifs is 1. The maximum Gasteiger partial charge on any atom is 0.269 e. The number of rotatable bonds is 3. The van der Waals surface area contributed by atoms with Gasteiger partial charge in [-0.05, 0) is 36.4 Å². The van der Waals surface area contributed by atoms with Crippen LogP contribution in [0.2, 0.25) is 0 Å². The van der Waals surface area contributed by atoms with E-state index in [1.54, 1.807) is 50.5 Å². The molecular weight excluding hydrogens is 308 g/mol. The van der Waals surface area contributed by atoms with Crippen LogP contribution in [0.1, 0.15) is 10.4 Å². The van der Waals surface area contributed by atoms with Crippen molar-refractivity contribution >= 4 is 17.5 Å². The number of anilines is 1. The number of nitrogens with one attached hydrogen (secondary N) is 1. The van der Waals surface area contributed by atoms with Gasteiger partial charge in [-0.2, -0.15) is 0 Å². The van der Waals surface area contributed by atoms with Gasteiger partial charge < -0.3 is 19.7 Å². The van der Waals surface area contributed by atoms with E-state index in [-0.39, 0.29) is 18.4 Å². The van der Waals surface area contributed by atoms with Gasteiger partial charge in [-0.1, -0.05) is 12.1 Å². The minimum atomic E-state index is -0.719. The topological polar surface area (TPSA) is 67.9 Å². The summed E-state index contributed by atoms with van der Waals surface area (Å²) in [5.41, 5.74) is 1.15. The Hall–Kier alpha value is -3.02. The Kier molecular flexibility index (Phi) is 4.37. The molecule has 24 heavy (non-hydrogen) atoms. The number of ether oxygens (including phenoxy) is 2. The number of carbonyl (C=O) groups is 2. The molecule has 0 bridgehead atoms.